The highest BCUT2D eigenvalue weighted by molar-refractivity contribution is 6.66. The first-order valence-electron chi connectivity index (χ1n) is 3.99. The summed E-state index contributed by atoms with van der Waals surface area (Å²) in [5.74, 6) is 0.745. The maximum Gasteiger partial charge on any atom is 0.244 e. The molecule has 0 atom stereocenters. The van der Waals surface area contributed by atoms with Crippen LogP contribution in [0.2, 0.25) is 0 Å². The molecule has 0 aromatic carbocycles. The molecule has 0 amide bonds. The van der Waals surface area contributed by atoms with Crippen molar-refractivity contribution in [2.24, 2.45) is 5.92 Å². The van der Waals surface area contributed by atoms with Crippen LogP contribution in [0, 0.1) is 5.92 Å². The molecule has 0 fully saturated rings. The van der Waals surface area contributed by atoms with Crippen LogP contribution >= 0.6 is 11.6 Å². The third-order valence-electron chi connectivity index (χ3n) is 1.40. The van der Waals surface area contributed by atoms with Crippen molar-refractivity contribution >= 4 is 16.8 Å². The zero-order chi connectivity index (χ0) is 8.69. The molecule has 0 aromatic heterocycles. The summed E-state index contributed by atoms with van der Waals surface area (Å²) in [6, 6.07) is 0. The van der Waals surface area contributed by atoms with Crippen LogP contribution in [0.5, 0.6) is 0 Å². The molecule has 0 saturated heterocycles. The maximum absolute atomic E-state index is 10.2. The minimum Gasteiger partial charge on any atom is -0.276 e. The molecular formula is C9H15ClO. The average molecular weight is 175 g/mol. The SMILES string of the molecule is CC(C)CCC/C=C/C(=O)Cl. The molecule has 0 unspecified atom stereocenters. The molecule has 0 heterocycles. The lowest BCUT2D eigenvalue weighted by Gasteiger charge is -1.99. The molecule has 0 saturated carbocycles. The number of hydrogen-bond donors (Lipinski definition) is 0. The van der Waals surface area contributed by atoms with Gasteiger partial charge in [-0.2, -0.15) is 0 Å². The Morgan fingerprint density at radius 1 is 1.55 bits per heavy atom. The van der Waals surface area contributed by atoms with Crippen LogP contribution in [0.15, 0.2) is 12.2 Å². The van der Waals surface area contributed by atoms with Gasteiger partial charge in [0, 0.05) is 0 Å². The van der Waals surface area contributed by atoms with Gasteiger partial charge in [0.1, 0.15) is 0 Å². The molecule has 0 aliphatic heterocycles. The Morgan fingerprint density at radius 2 is 2.18 bits per heavy atom. The predicted molar refractivity (Wildman–Crippen MR) is 48.7 cm³/mol. The van der Waals surface area contributed by atoms with Gasteiger partial charge in [0.25, 0.3) is 0 Å². The van der Waals surface area contributed by atoms with E-state index in [0.29, 0.717) is 0 Å². The van der Waals surface area contributed by atoms with Gasteiger partial charge in [0.05, 0.1) is 0 Å². The fourth-order valence-electron chi connectivity index (χ4n) is 0.820. The highest BCUT2D eigenvalue weighted by Crippen LogP contribution is 2.06. The van der Waals surface area contributed by atoms with Crippen LogP contribution in [-0.4, -0.2) is 5.24 Å². The van der Waals surface area contributed by atoms with Gasteiger partial charge in [-0.25, -0.2) is 0 Å². The molecule has 0 aliphatic carbocycles. The molecule has 0 spiro atoms. The number of carbonyl (C=O) groups is 1. The number of halogens is 1. The monoisotopic (exact) mass is 174 g/mol. The van der Waals surface area contributed by atoms with E-state index in [2.05, 4.69) is 13.8 Å². The minimum absolute atomic E-state index is 0.380. The van der Waals surface area contributed by atoms with E-state index in [9.17, 15) is 4.79 Å². The smallest absolute Gasteiger partial charge is 0.244 e. The lowest BCUT2D eigenvalue weighted by molar-refractivity contribution is -0.107. The zero-order valence-electron chi connectivity index (χ0n) is 7.14. The maximum atomic E-state index is 10.2. The third kappa shape index (κ3) is 9.70. The number of hydrogen-bond acceptors (Lipinski definition) is 1. The highest BCUT2D eigenvalue weighted by Gasteiger charge is 1.91. The van der Waals surface area contributed by atoms with E-state index in [1.165, 1.54) is 12.5 Å². The Hall–Kier alpha value is -0.300. The summed E-state index contributed by atoms with van der Waals surface area (Å²) in [4.78, 5) is 10.2. The Balaban J connectivity index is 3.21. The van der Waals surface area contributed by atoms with Crippen molar-refractivity contribution in [3.05, 3.63) is 12.2 Å². The van der Waals surface area contributed by atoms with Gasteiger partial charge >= 0.3 is 0 Å². The van der Waals surface area contributed by atoms with Gasteiger partial charge in [-0.15, -0.1) is 0 Å². The van der Waals surface area contributed by atoms with E-state index in [4.69, 9.17) is 11.6 Å². The first kappa shape index (κ1) is 10.7. The van der Waals surface area contributed by atoms with Crippen LogP contribution in [0.4, 0.5) is 0 Å². The number of rotatable bonds is 5. The third-order valence-corrected chi connectivity index (χ3v) is 1.53. The standard InChI is InChI=1S/C9H15ClO/c1-8(2)6-4-3-5-7-9(10)11/h5,7-8H,3-4,6H2,1-2H3/b7-5+. The van der Waals surface area contributed by atoms with Crippen molar-refractivity contribution in [2.75, 3.05) is 0 Å². The second kappa shape index (κ2) is 6.41. The zero-order valence-corrected chi connectivity index (χ0v) is 7.90. The first-order chi connectivity index (χ1) is 5.13. The molecule has 2 heteroatoms. The van der Waals surface area contributed by atoms with Gasteiger partial charge in [0.2, 0.25) is 5.24 Å². The second-order valence-corrected chi connectivity index (χ2v) is 3.40. The quantitative estimate of drug-likeness (QED) is 0.356. The molecule has 64 valence electrons. The fourth-order valence-corrected chi connectivity index (χ4v) is 0.909. The molecule has 1 nitrogen and oxygen atoms in total. The molecule has 0 aromatic rings. The van der Waals surface area contributed by atoms with Crippen molar-refractivity contribution < 1.29 is 4.79 Å². The summed E-state index contributed by atoms with van der Waals surface area (Å²) in [6.45, 7) is 4.38. The lowest BCUT2D eigenvalue weighted by Crippen LogP contribution is -1.85. The summed E-state index contributed by atoms with van der Waals surface area (Å²) >= 11 is 5.09. The molecule has 0 bridgehead atoms. The van der Waals surface area contributed by atoms with E-state index in [-0.39, 0.29) is 5.24 Å². The Kier molecular flexibility index (Phi) is 6.24. The highest BCUT2D eigenvalue weighted by atomic mass is 35.5. The Morgan fingerprint density at radius 3 is 2.64 bits per heavy atom. The van der Waals surface area contributed by atoms with Gasteiger partial charge in [-0.1, -0.05) is 26.3 Å². The van der Waals surface area contributed by atoms with Gasteiger partial charge in [-0.05, 0) is 36.4 Å². The summed E-state index contributed by atoms with van der Waals surface area (Å²) in [7, 11) is 0. The molecule has 0 radical (unpaired) electrons. The topological polar surface area (TPSA) is 17.1 Å². The summed E-state index contributed by atoms with van der Waals surface area (Å²) < 4.78 is 0. The predicted octanol–water partition coefficient (Wildman–Crippen LogP) is 3.13. The second-order valence-electron chi connectivity index (χ2n) is 3.03. The summed E-state index contributed by atoms with van der Waals surface area (Å²) in [5.41, 5.74) is 0. The van der Waals surface area contributed by atoms with E-state index >= 15 is 0 Å². The van der Waals surface area contributed by atoms with E-state index in [1.807, 2.05) is 6.08 Å². The largest absolute Gasteiger partial charge is 0.276 e. The van der Waals surface area contributed by atoms with Crippen molar-refractivity contribution in [1.29, 1.82) is 0 Å². The molecule has 0 aliphatic rings. The molecule has 11 heavy (non-hydrogen) atoms. The lowest BCUT2D eigenvalue weighted by atomic mass is 10.1. The van der Waals surface area contributed by atoms with Crippen molar-refractivity contribution in [2.45, 2.75) is 33.1 Å². The van der Waals surface area contributed by atoms with Gasteiger partial charge < -0.3 is 0 Å². The van der Waals surface area contributed by atoms with Crippen LogP contribution in [0.1, 0.15) is 33.1 Å². The van der Waals surface area contributed by atoms with E-state index in [1.54, 1.807) is 0 Å². The van der Waals surface area contributed by atoms with Gasteiger partial charge in [0.15, 0.2) is 0 Å². The fraction of sp³-hybridized carbons (Fsp3) is 0.667. The Bertz CT molecular complexity index is 138. The molecule has 0 rings (SSSR count). The van der Waals surface area contributed by atoms with Crippen molar-refractivity contribution in [3.63, 3.8) is 0 Å². The molecule has 0 N–H and O–H groups in total. The summed E-state index contributed by atoms with van der Waals surface area (Å²) in [6.07, 6.45) is 6.55. The van der Waals surface area contributed by atoms with E-state index in [0.717, 1.165) is 18.8 Å². The van der Waals surface area contributed by atoms with Crippen LogP contribution in [0.25, 0.3) is 0 Å². The average Bonchev–Trinajstić information content (AvgIpc) is 1.85. The van der Waals surface area contributed by atoms with Gasteiger partial charge in [-0.3, -0.25) is 4.79 Å². The minimum atomic E-state index is -0.380. The normalized spacial score (nSPS) is 11.3. The number of allylic oxidation sites excluding steroid dienone is 2. The summed E-state index contributed by atoms with van der Waals surface area (Å²) in [5, 5.41) is -0.380. The van der Waals surface area contributed by atoms with Crippen molar-refractivity contribution in [3.8, 4) is 0 Å². The molecular weight excluding hydrogens is 160 g/mol. The Labute approximate surface area is 73.4 Å². The van der Waals surface area contributed by atoms with Crippen LogP contribution in [0.3, 0.4) is 0 Å². The van der Waals surface area contributed by atoms with Crippen LogP contribution < -0.4 is 0 Å². The van der Waals surface area contributed by atoms with Crippen LogP contribution in [-0.2, 0) is 4.79 Å². The first-order valence-corrected chi connectivity index (χ1v) is 4.36. The number of carbonyl (C=O) groups excluding carboxylic acids is 1. The van der Waals surface area contributed by atoms with Crippen molar-refractivity contribution in [1.82, 2.24) is 0 Å². The van der Waals surface area contributed by atoms with E-state index < -0.39 is 0 Å². The number of unbranched alkanes of at least 4 members (excludes halogenated alkanes) is 1.